The highest BCUT2D eigenvalue weighted by Crippen LogP contribution is 2.49. The largest absolute Gasteiger partial charge is 0.310 e. The second-order valence-corrected chi connectivity index (χ2v) is 21.9. The maximum Gasteiger partial charge on any atom is 0.0619 e. The van der Waals surface area contributed by atoms with Gasteiger partial charge in [-0.1, -0.05) is 200 Å². The lowest BCUT2D eigenvalue weighted by Gasteiger charge is -2.31. The van der Waals surface area contributed by atoms with E-state index in [2.05, 4.69) is 312 Å². The van der Waals surface area contributed by atoms with Crippen molar-refractivity contribution in [3.63, 3.8) is 0 Å². The third kappa shape index (κ3) is 7.56. The van der Waals surface area contributed by atoms with Gasteiger partial charge in [0, 0.05) is 81.4 Å². The van der Waals surface area contributed by atoms with Crippen molar-refractivity contribution in [2.45, 2.75) is 0 Å². The predicted octanol–water partition coefficient (Wildman–Crippen LogP) is 22.0. The number of para-hydroxylation sites is 3. The van der Waals surface area contributed by atoms with Gasteiger partial charge in [-0.15, -0.1) is 11.3 Å². The lowest BCUT2D eigenvalue weighted by Crippen LogP contribution is -2.14. The Hall–Kier alpha value is -10.3. The van der Waals surface area contributed by atoms with Crippen LogP contribution in [0.3, 0.4) is 0 Å². The molecular formula is C76H49N3S. The van der Waals surface area contributed by atoms with E-state index in [0.29, 0.717) is 0 Å². The number of fused-ring (bicyclic) bond motifs is 13. The van der Waals surface area contributed by atoms with Crippen molar-refractivity contribution >= 4 is 131 Å². The number of hydrogen-bond acceptors (Lipinski definition) is 3. The first-order valence-electron chi connectivity index (χ1n) is 27.4. The van der Waals surface area contributed by atoms with Crippen LogP contribution in [0.25, 0.3) is 113 Å². The lowest BCUT2D eigenvalue weighted by molar-refractivity contribution is 1.18. The van der Waals surface area contributed by atoms with Gasteiger partial charge in [-0.25, -0.2) is 0 Å². The Labute approximate surface area is 467 Å². The van der Waals surface area contributed by atoms with E-state index in [0.717, 1.165) is 56.5 Å². The maximum absolute atomic E-state index is 2.45. The number of thiophene rings is 1. The average molecular weight is 1040 g/mol. The highest BCUT2D eigenvalue weighted by atomic mass is 32.1. The molecule has 16 rings (SSSR count). The molecule has 374 valence electrons. The van der Waals surface area contributed by atoms with Gasteiger partial charge in [0.15, 0.2) is 0 Å². The Kier molecular flexibility index (Phi) is 10.7. The van der Waals surface area contributed by atoms with Crippen LogP contribution in [0.1, 0.15) is 0 Å². The molecule has 0 aliphatic rings. The number of rotatable bonds is 9. The minimum atomic E-state index is 1.04. The molecule has 0 bridgehead atoms. The first-order valence-corrected chi connectivity index (χ1v) is 28.2. The normalized spacial score (nSPS) is 11.8. The molecule has 14 aromatic carbocycles. The standard InChI is InChI=1S/C76H49N3S/c1-4-20-57(21-5-1)77(61-38-44-72-70(48-61)67-39-32-53-18-13-15-27-65(53)75(67)79(72)59-24-8-3-9-25-59)62-37-41-64(56-34-45-74-71(47-56)69-43-42-66-63-26-14-12-17-52(63)33-40-68(66)76(69)80-74)73(49-62)78(58-22-6-2-7-23-58)60-35-30-51(31-36-60)55-29-28-50-16-10-11-19-54(50)46-55/h1-49H. The molecule has 2 aromatic heterocycles. The van der Waals surface area contributed by atoms with Gasteiger partial charge in [-0.05, 0) is 146 Å². The van der Waals surface area contributed by atoms with Crippen LogP contribution < -0.4 is 9.80 Å². The summed E-state index contributed by atoms with van der Waals surface area (Å²) in [7, 11) is 0. The quantitative estimate of drug-likeness (QED) is 0.134. The molecule has 80 heavy (non-hydrogen) atoms. The van der Waals surface area contributed by atoms with Gasteiger partial charge in [0.25, 0.3) is 0 Å². The van der Waals surface area contributed by atoms with Crippen LogP contribution in [0.5, 0.6) is 0 Å². The van der Waals surface area contributed by atoms with E-state index >= 15 is 0 Å². The molecule has 2 heterocycles. The molecule has 0 fully saturated rings. The van der Waals surface area contributed by atoms with Crippen molar-refractivity contribution in [3.8, 4) is 27.9 Å². The number of benzene rings is 14. The molecule has 0 spiro atoms. The summed E-state index contributed by atoms with van der Waals surface area (Å²) < 4.78 is 5.04. The minimum absolute atomic E-state index is 1.04. The molecule has 0 unspecified atom stereocenters. The summed E-state index contributed by atoms with van der Waals surface area (Å²) in [6.07, 6.45) is 0. The van der Waals surface area contributed by atoms with Crippen molar-refractivity contribution in [3.05, 3.63) is 297 Å². The Morgan fingerprint density at radius 3 is 1.59 bits per heavy atom. The minimum Gasteiger partial charge on any atom is -0.310 e. The monoisotopic (exact) mass is 1040 g/mol. The molecule has 3 nitrogen and oxygen atoms in total. The molecule has 0 atom stereocenters. The van der Waals surface area contributed by atoms with Gasteiger partial charge in [0.1, 0.15) is 0 Å². The lowest BCUT2D eigenvalue weighted by atomic mass is 9.97. The van der Waals surface area contributed by atoms with Crippen molar-refractivity contribution < 1.29 is 0 Å². The van der Waals surface area contributed by atoms with Crippen LogP contribution in [0, 0.1) is 0 Å². The summed E-state index contributed by atoms with van der Waals surface area (Å²) >= 11 is 1.89. The van der Waals surface area contributed by atoms with Crippen LogP contribution in [0.2, 0.25) is 0 Å². The fourth-order valence-corrected chi connectivity index (χ4v) is 13.7. The van der Waals surface area contributed by atoms with E-state index in [1.54, 1.807) is 0 Å². The third-order valence-electron chi connectivity index (χ3n) is 16.3. The Bertz CT molecular complexity index is 5060. The van der Waals surface area contributed by atoms with Crippen LogP contribution >= 0.6 is 11.3 Å². The summed E-state index contributed by atoms with van der Waals surface area (Å²) in [6, 6.07) is 109. The molecule has 0 saturated heterocycles. The fourth-order valence-electron chi connectivity index (χ4n) is 12.5. The topological polar surface area (TPSA) is 11.4 Å². The van der Waals surface area contributed by atoms with Crippen molar-refractivity contribution in [1.82, 2.24) is 4.57 Å². The maximum atomic E-state index is 2.45. The van der Waals surface area contributed by atoms with Gasteiger partial charge in [-0.2, -0.15) is 0 Å². The molecular weight excluding hydrogens is 987 g/mol. The number of nitrogens with zero attached hydrogens (tertiary/aromatic N) is 3. The summed E-state index contributed by atoms with van der Waals surface area (Å²) in [5.74, 6) is 0. The molecule has 16 aromatic rings. The zero-order chi connectivity index (χ0) is 52.7. The van der Waals surface area contributed by atoms with E-state index in [1.165, 1.54) is 90.7 Å². The predicted molar refractivity (Wildman–Crippen MR) is 344 cm³/mol. The molecule has 0 aliphatic carbocycles. The van der Waals surface area contributed by atoms with E-state index in [1.807, 2.05) is 11.3 Å². The summed E-state index contributed by atoms with van der Waals surface area (Å²) in [6.45, 7) is 0. The zero-order valence-electron chi connectivity index (χ0n) is 43.5. The van der Waals surface area contributed by atoms with Crippen LogP contribution in [0.15, 0.2) is 297 Å². The second-order valence-electron chi connectivity index (χ2n) is 20.8. The van der Waals surface area contributed by atoms with Crippen LogP contribution in [-0.2, 0) is 0 Å². The highest BCUT2D eigenvalue weighted by molar-refractivity contribution is 7.26. The first kappa shape index (κ1) is 45.9. The highest BCUT2D eigenvalue weighted by Gasteiger charge is 2.24. The van der Waals surface area contributed by atoms with E-state index in [9.17, 15) is 0 Å². The van der Waals surface area contributed by atoms with E-state index < -0.39 is 0 Å². The second kappa shape index (κ2) is 18.7. The Morgan fingerprint density at radius 1 is 0.275 bits per heavy atom. The Morgan fingerprint density at radius 2 is 0.812 bits per heavy atom. The summed E-state index contributed by atoms with van der Waals surface area (Å²) in [5, 5.41) is 15.0. The molecule has 0 aliphatic heterocycles. The van der Waals surface area contributed by atoms with E-state index in [4.69, 9.17) is 0 Å². The van der Waals surface area contributed by atoms with Gasteiger partial charge >= 0.3 is 0 Å². The summed E-state index contributed by atoms with van der Waals surface area (Å²) in [5.41, 5.74) is 14.5. The van der Waals surface area contributed by atoms with Crippen molar-refractivity contribution in [1.29, 1.82) is 0 Å². The molecule has 0 saturated carbocycles. The molecule has 4 heteroatoms. The zero-order valence-corrected chi connectivity index (χ0v) is 44.4. The van der Waals surface area contributed by atoms with Crippen LogP contribution in [-0.4, -0.2) is 4.57 Å². The van der Waals surface area contributed by atoms with E-state index in [-0.39, 0.29) is 0 Å². The number of aromatic nitrogens is 1. The smallest absolute Gasteiger partial charge is 0.0619 e. The summed E-state index contributed by atoms with van der Waals surface area (Å²) in [4.78, 5) is 4.87. The molecule has 0 amide bonds. The first-order chi connectivity index (χ1) is 39.7. The molecule has 0 radical (unpaired) electrons. The SMILES string of the molecule is c1ccc(N(c2ccc(-c3ccc4sc5c(ccc6c7ccccc7ccc65)c4c3)c(N(c3ccccc3)c3ccc(-c4ccc5ccccc5c4)cc3)c2)c2ccc3c(c2)c2ccc4ccccc4c2n3-c2ccccc2)cc1. The average Bonchev–Trinajstić information content (AvgIpc) is 4.29. The van der Waals surface area contributed by atoms with Crippen molar-refractivity contribution in [2.24, 2.45) is 0 Å². The van der Waals surface area contributed by atoms with Gasteiger partial charge < -0.3 is 14.4 Å². The van der Waals surface area contributed by atoms with Gasteiger partial charge in [0.2, 0.25) is 0 Å². The number of hydrogen-bond donors (Lipinski definition) is 0. The van der Waals surface area contributed by atoms with Crippen LogP contribution in [0.4, 0.5) is 34.1 Å². The fraction of sp³-hybridized carbons (Fsp3) is 0. The molecule has 0 N–H and O–H groups in total. The van der Waals surface area contributed by atoms with Crippen molar-refractivity contribution in [2.75, 3.05) is 9.80 Å². The third-order valence-corrected chi connectivity index (χ3v) is 17.5. The number of anilines is 6. The van der Waals surface area contributed by atoms with Gasteiger partial charge in [-0.3, -0.25) is 0 Å². The van der Waals surface area contributed by atoms with Gasteiger partial charge in [0.05, 0.1) is 16.7 Å². The Balaban J connectivity index is 0.917.